The Balaban J connectivity index is 1.73. The number of amides is 3. The number of carbonyl (C=O) groups is 2. The molecule has 1 heterocycles. The third kappa shape index (κ3) is 4.57. The van der Waals surface area contributed by atoms with E-state index in [-0.39, 0.29) is 11.7 Å². The summed E-state index contributed by atoms with van der Waals surface area (Å²) in [5.74, 6) is -0.0494. The highest BCUT2D eigenvalue weighted by atomic mass is 16.3. The Kier molecular flexibility index (Phi) is 5.93. The molecule has 27 heavy (non-hydrogen) atoms. The van der Waals surface area contributed by atoms with E-state index < -0.39 is 12.1 Å². The van der Waals surface area contributed by atoms with Crippen LogP contribution in [-0.4, -0.2) is 50.3 Å². The molecule has 1 aliphatic heterocycles. The van der Waals surface area contributed by atoms with Gasteiger partial charge in [-0.05, 0) is 24.3 Å². The van der Waals surface area contributed by atoms with E-state index in [2.05, 4.69) is 15.5 Å². The number of phenolic OH excluding ortho intramolecular Hbond substituents is 1. The molecule has 1 aliphatic rings. The summed E-state index contributed by atoms with van der Waals surface area (Å²) in [6.45, 7) is 3.11. The van der Waals surface area contributed by atoms with Crippen LogP contribution in [-0.2, 0) is 4.79 Å². The predicted molar refractivity (Wildman–Crippen MR) is 103 cm³/mol. The molecule has 0 saturated carbocycles. The summed E-state index contributed by atoms with van der Waals surface area (Å²) in [7, 11) is 1.49. The number of quaternary nitrogens is 1. The van der Waals surface area contributed by atoms with Crippen molar-refractivity contribution in [2.45, 2.75) is 6.04 Å². The molecular weight excluding hydrogens is 344 g/mol. The zero-order valence-corrected chi connectivity index (χ0v) is 15.3. The fourth-order valence-corrected chi connectivity index (χ4v) is 3.47. The summed E-state index contributed by atoms with van der Waals surface area (Å²) >= 11 is 0. The SMILES string of the molecule is CNC(=O)NC(=O)[C@@H](c1ccccc1)[NH+]1CCN(c2ccc(O)cc2)CC1. The molecule has 4 N–H and O–H groups in total. The molecule has 2 aromatic rings. The highest BCUT2D eigenvalue weighted by molar-refractivity contribution is 5.96. The van der Waals surface area contributed by atoms with Gasteiger partial charge in [0.15, 0.2) is 6.04 Å². The van der Waals surface area contributed by atoms with Gasteiger partial charge in [0.25, 0.3) is 5.91 Å². The molecule has 1 atom stereocenters. The number of imide groups is 1. The molecule has 1 saturated heterocycles. The molecule has 142 valence electrons. The Morgan fingerprint density at radius 2 is 1.67 bits per heavy atom. The smallest absolute Gasteiger partial charge is 0.321 e. The number of carbonyl (C=O) groups excluding carboxylic acids is 2. The normalized spacial score (nSPS) is 15.8. The van der Waals surface area contributed by atoms with E-state index in [9.17, 15) is 14.7 Å². The van der Waals surface area contributed by atoms with Gasteiger partial charge in [0, 0.05) is 18.3 Å². The number of benzene rings is 2. The minimum Gasteiger partial charge on any atom is -0.508 e. The van der Waals surface area contributed by atoms with Crippen LogP contribution in [0.2, 0.25) is 0 Å². The first kappa shape index (κ1) is 18.7. The number of hydrogen-bond acceptors (Lipinski definition) is 4. The summed E-state index contributed by atoms with van der Waals surface area (Å²) in [4.78, 5) is 27.8. The van der Waals surface area contributed by atoms with Crippen molar-refractivity contribution in [1.82, 2.24) is 10.6 Å². The number of nitrogens with zero attached hydrogens (tertiary/aromatic N) is 1. The van der Waals surface area contributed by atoms with Crippen LogP contribution in [0.15, 0.2) is 54.6 Å². The Hall–Kier alpha value is -3.06. The molecule has 7 heteroatoms. The van der Waals surface area contributed by atoms with E-state index >= 15 is 0 Å². The molecule has 7 nitrogen and oxygen atoms in total. The number of urea groups is 1. The van der Waals surface area contributed by atoms with Gasteiger partial charge >= 0.3 is 6.03 Å². The summed E-state index contributed by atoms with van der Waals surface area (Å²) in [6.07, 6.45) is 0. The van der Waals surface area contributed by atoms with Gasteiger partial charge < -0.3 is 20.2 Å². The molecule has 0 unspecified atom stereocenters. The fraction of sp³-hybridized carbons (Fsp3) is 0.300. The monoisotopic (exact) mass is 369 g/mol. The minimum atomic E-state index is -0.497. The first-order valence-electron chi connectivity index (χ1n) is 9.04. The maximum atomic E-state index is 12.8. The van der Waals surface area contributed by atoms with Crippen LogP contribution in [0.4, 0.5) is 10.5 Å². The van der Waals surface area contributed by atoms with Gasteiger partial charge in [-0.1, -0.05) is 30.3 Å². The molecule has 2 aromatic carbocycles. The Labute approximate surface area is 158 Å². The number of piperazine rings is 1. The molecule has 3 amide bonds. The second-order valence-corrected chi connectivity index (χ2v) is 6.57. The summed E-state index contributed by atoms with van der Waals surface area (Å²) < 4.78 is 0. The number of anilines is 1. The van der Waals surface area contributed by atoms with Crippen molar-refractivity contribution < 1.29 is 19.6 Å². The van der Waals surface area contributed by atoms with Crippen molar-refractivity contribution in [3.8, 4) is 5.75 Å². The number of phenols is 1. The topological polar surface area (TPSA) is 86.1 Å². The standard InChI is InChI=1S/C20H24N4O3/c1-21-20(27)22-19(26)18(15-5-3-2-4-6-15)24-13-11-23(12-14-24)16-7-9-17(25)10-8-16/h2-10,18,25H,11-14H2,1H3,(H2,21,22,26,27)/p+1/t18-/m1/s1. The van der Waals surface area contributed by atoms with Gasteiger partial charge in [0.05, 0.1) is 26.2 Å². The van der Waals surface area contributed by atoms with Crippen molar-refractivity contribution >= 4 is 17.6 Å². The number of aromatic hydroxyl groups is 1. The van der Waals surface area contributed by atoms with Gasteiger partial charge in [0.1, 0.15) is 5.75 Å². The lowest BCUT2D eigenvalue weighted by Gasteiger charge is -2.37. The van der Waals surface area contributed by atoms with Crippen LogP contribution < -0.4 is 20.4 Å². The molecule has 1 fully saturated rings. The maximum absolute atomic E-state index is 12.8. The Bertz CT molecular complexity index is 772. The van der Waals surface area contributed by atoms with Crippen LogP contribution in [0.5, 0.6) is 5.75 Å². The molecule has 0 bridgehead atoms. The maximum Gasteiger partial charge on any atom is 0.321 e. The van der Waals surface area contributed by atoms with Crippen molar-refractivity contribution in [3.63, 3.8) is 0 Å². The first-order valence-corrected chi connectivity index (χ1v) is 9.04. The van der Waals surface area contributed by atoms with E-state index in [0.29, 0.717) is 0 Å². The lowest BCUT2D eigenvalue weighted by molar-refractivity contribution is -0.922. The first-order chi connectivity index (χ1) is 13.1. The highest BCUT2D eigenvalue weighted by Gasteiger charge is 2.34. The zero-order chi connectivity index (χ0) is 19.2. The summed E-state index contributed by atoms with van der Waals surface area (Å²) in [6, 6.07) is 15.8. The lowest BCUT2D eigenvalue weighted by Crippen LogP contribution is -3.16. The highest BCUT2D eigenvalue weighted by Crippen LogP contribution is 2.19. The van der Waals surface area contributed by atoms with Gasteiger partial charge in [-0.2, -0.15) is 0 Å². The molecular formula is C20H25N4O3+. The van der Waals surface area contributed by atoms with E-state index in [1.165, 1.54) is 7.05 Å². The van der Waals surface area contributed by atoms with Gasteiger partial charge in [-0.3, -0.25) is 10.1 Å². The van der Waals surface area contributed by atoms with Gasteiger partial charge in [-0.15, -0.1) is 0 Å². The summed E-state index contributed by atoms with van der Waals surface area (Å²) in [5, 5.41) is 14.3. The molecule has 0 spiro atoms. The van der Waals surface area contributed by atoms with Crippen molar-refractivity contribution in [1.29, 1.82) is 0 Å². The van der Waals surface area contributed by atoms with E-state index in [4.69, 9.17) is 0 Å². The molecule has 0 aromatic heterocycles. The average Bonchev–Trinajstić information content (AvgIpc) is 2.70. The predicted octanol–water partition coefficient (Wildman–Crippen LogP) is 0.294. The Morgan fingerprint density at radius 1 is 1.04 bits per heavy atom. The number of rotatable bonds is 4. The van der Waals surface area contributed by atoms with Crippen molar-refractivity contribution in [2.75, 3.05) is 38.1 Å². The molecule has 3 rings (SSSR count). The zero-order valence-electron chi connectivity index (χ0n) is 15.3. The fourth-order valence-electron chi connectivity index (χ4n) is 3.47. The lowest BCUT2D eigenvalue weighted by atomic mass is 10.0. The third-order valence-electron chi connectivity index (χ3n) is 4.89. The summed E-state index contributed by atoms with van der Waals surface area (Å²) in [5.41, 5.74) is 1.95. The van der Waals surface area contributed by atoms with Gasteiger partial charge in [0.2, 0.25) is 0 Å². The van der Waals surface area contributed by atoms with Crippen molar-refractivity contribution in [3.05, 3.63) is 60.2 Å². The minimum absolute atomic E-state index is 0.248. The third-order valence-corrected chi connectivity index (χ3v) is 4.89. The largest absolute Gasteiger partial charge is 0.508 e. The van der Waals surface area contributed by atoms with Crippen molar-refractivity contribution in [2.24, 2.45) is 0 Å². The molecule has 0 radical (unpaired) electrons. The Morgan fingerprint density at radius 3 is 2.26 bits per heavy atom. The molecule has 0 aliphatic carbocycles. The average molecular weight is 369 g/mol. The van der Waals surface area contributed by atoms with Gasteiger partial charge in [-0.25, -0.2) is 4.79 Å². The number of nitrogens with one attached hydrogen (secondary N) is 3. The van der Waals surface area contributed by atoms with Crippen LogP contribution >= 0.6 is 0 Å². The van der Waals surface area contributed by atoms with Crippen LogP contribution in [0.1, 0.15) is 11.6 Å². The van der Waals surface area contributed by atoms with E-state index in [0.717, 1.165) is 42.3 Å². The van der Waals surface area contributed by atoms with E-state index in [1.807, 2.05) is 42.5 Å². The second-order valence-electron chi connectivity index (χ2n) is 6.57. The van der Waals surface area contributed by atoms with Crippen LogP contribution in [0.25, 0.3) is 0 Å². The second kappa shape index (κ2) is 8.55. The quantitative estimate of drug-likeness (QED) is 0.624. The van der Waals surface area contributed by atoms with Crippen LogP contribution in [0.3, 0.4) is 0 Å². The number of hydrogen-bond donors (Lipinski definition) is 4. The van der Waals surface area contributed by atoms with E-state index in [1.54, 1.807) is 12.1 Å². The van der Waals surface area contributed by atoms with Crippen LogP contribution in [0, 0.1) is 0 Å².